The quantitative estimate of drug-likeness (QED) is 0.405. The van der Waals surface area contributed by atoms with Crippen LogP contribution in [0.3, 0.4) is 0 Å². The lowest BCUT2D eigenvalue weighted by Crippen LogP contribution is -1.91. The molecule has 3 rings (SSSR count). The van der Waals surface area contributed by atoms with Gasteiger partial charge in [0.05, 0.1) is 5.38 Å². The van der Waals surface area contributed by atoms with Crippen LogP contribution >= 0.6 is 54.8 Å². The predicted octanol–water partition coefficient (Wildman–Crippen LogP) is 6.75. The molecule has 1 atom stereocenters. The Morgan fingerprint density at radius 2 is 1.74 bits per heavy atom. The van der Waals surface area contributed by atoms with Gasteiger partial charge >= 0.3 is 0 Å². The molecule has 2 aromatic carbocycles. The molecule has 3 aromatic rings. The molecule has 0 N–H and O–H groups in total. The number of thiophene rings is 1. The highest BCUT2D eigenvalue weighted by molar-refractivity contribution is 9.11. The van der Waals surface area contributed by atoms with Crippen LogP contribution in [0.15, 0.2) is 56.8 Å². The van der Waals surface area contributed by atoms with Gasteiger partial charge in [0.2, 0.25) is 0 Å². The van der Waals surface area contributed by atoms with Crippen LogP contribution < -0.4 is 0 Å². The summed E-state index contributed by atoms with van der Waals surface area (Å²) in [4.78, 5) is 0. The second kappa shape index (κ2) is 5.57. The maximum absolute atomic E-state index is 6.63. The van der Waals surface area contributed by atoms with Gasteiger partial charge in [-0.15, -0.1) is 22.9 Å². The van der Waals surface area contributed by atoms with E-state index < -0.39 is 0 Å². The van der Waals surface area contributed by atoms with E-state index in [4.69, 9.17) is 11.6 Å². The largest absolute Gasteiger partial charge is 0.142 e. The monoisotopic (exact) mass is 414 g/mol. The fourth-order valence-corrected chi connectivity index (χ4v) is 4.36. The molecule has 0 saturated carbocycles. The van der Waals surface area contributed by atoms with Crippen molar-refractivity contribution in [1.82, 2.24) is 0 Å². The van der Waals surface area contributed by atoms with Crippen molar-refractivity contribution in [2.75, 3.05) is 0 Å². The number of alkyl halides is 1. The predicted molar refractivity (Wildman–Crippen MR) is 91.4 cm³/mol. The van der Waals surface area contributed by atoms with Crippen molar-refractivity contribution in [1.29, 1.82) is 0 Å². The molecule has 0 amide bonds. The van der Waals surface area contributed by atoms with Crippen molar-refractivity contribution in [3.63, 3.8) is 0 Å². The average molecular weight is 417 g/mol. The van der Waals surface area contributed by atoms with Gasteiger partial charge in [-0.2, -0.15) is 0 Å². The normalized spacial score (nSPS) is 12.8. The van der Waals surface area contributed by atoms with Gasteiger partial charge in [0.1, 0.15) is 0 Å². The molecule has 1 heterocycles. The molecule has 96 valence electrons. The van der Waals surface area contributed by atoms with Crippen LogP contribution in [0, 0.1) is 0 Å². The first-order chi connectivity index (χ1) is 9.16. The van der Waals surface area contributed by atoms with Crippen LogP contribution in [-0.4, -0.2) is 0 Å². The summed E-state index contributed by atoms with van der Waals surface area (Å²) >= 11 is 15.4. The zero-order valence-corrected chi connectivity index (χ0v) is 14.5. The first-order valence-electron chi connectivity index (χ1n) is 5.72. The van der Waals surface area contributed by atoms with Gasteiger partial charge in [0, 0.05) is 13.6 Å². The van der Waals surface area contributed by atoms with E-state index in [2.05, 4.69) is 61.5 Å². The molecular weight excluding hydrogens is 407 g/mol. The van der Waals surface area contributed by atoms with E-state index in [-0.39, 0.29) is 5.38 Å². The summed E-state index contributed by atoms with van der Waals surface area (Å²) in [6.07, 6.45) is 0. The van der Waals surface area contributed by atoms with E-state index in [1.54, 1.807) is 11.3 Å². The summed E-state index contributed by atoms with van der Waals surface area (Å²) in [6, 6.07) is 14.4. The Kier molecular flexibility index (Phi) is 3.99. The van der Waals surface area contributed by atoms with Crippen LogP contribution in [0.25, 0.3) is 10.1 Å². The van der Waals surface area contributed by atoms with Gasteiger partial charge in [-0.25, -0.2) is 0 Å². The summed E-state index contributed by atoms with van der Waals surface area (Å²) in [5.74, 6) is 0. The second-order valence-electron chi connectivity index (χ2n) is 4.22. The molecule has 0 saturated heterocycles. The van der Waals surface area contributed by atoms with Crippen LogP contribution in [0.1, 0.15) is 16.5 Å². The minimum atomic E-state index is -0.115. The fourth-order valence-electron chi connectivity index (χ4n) is 2.05. The molecule has 0 nitrogen and oxygen atoms in total. The lowest BCUT2D eigenvalue weighted by atomic mass is 10.0. The number of halogens is 3. The Morgan fingerprint density at radius 1 is 1.00 bits per heavy atom. The molecule has 0 aliphatic heterocycles. The van der Waals surface area contributed by atoms with Gasteiger partial charge in [-0.1, -0.05) is 40.2 Å². The first kappa shape index (κ1) is 13.6. The van der Waals surface area contributed by atoms with Gasteiger partial charge in [0.25, 0.3) is 0 Å². The molecule has 1 unspecified atom stereocenters. The molecule has 0 radical (unpaired) electrons. The highest BCUT2D eigenvalue weighted by atomic mass is 79.9. The Hall–Kier alpha value is -0.350. The van der Waals surface area contributed by atoms with E-state index in [0.717, 1.165) is 14.5 Å². The Labute approximate surface area is 137 Å². The van der Waals surface area contributed by atoms with Gasteiger partial charge in [-0.3, -0.25) is 0 Å². The Bertz CT molecular complexity index is 719. The van der Waals surface area contributed by atoms with Crippen molar-refractivity contribution < 1.29 is 0 Å². The number of fused-ring (bicyclic) bond motifs is 1. The van der Waals surface area contributed by atoms with Crippen molar-refractivity contribution in [2.24, 2.45) is 0 Å². The summed E-state index contributed by atoms with van der Waals surface area (Å²) in [5, 5.41) is 3.26. The van der Waals surface area contributed by atoms with Gasteiger partial charge in [-0.05, 0) is 56.0 Å². The number of hydrogen-bond donors (Lipinski definition) is 0. The van der Waals surface area contributed by atoms with E-state index in [1.165, 1.54) is 15.6 Å². The molecule has 1 aromatic heterocycles. The van der Waals surface area contributed by atoms with E-state index in [0.29, 0.717) is 0 Å². The third kappa shape index (κ3) is 2.62. The lowest BCUT2D eigenvalue weighted by molar-refractivity contribution is 1.17. The molecule has 19 heavy (non-hydrogen) atoms. The molecule has 0 spiro atoms. The molecule has 4 heteroatoms. The Balaban J connectivity index is 2.09. The maximum Gasteiger partial charge on any atom is 0.0849 e. The minimum Gasteiger partial charge on any atom is -0.142 e. The minimum absolute atomic E-state index is 0.115. The highest BCUT2D eigenvalue weighted by Crippen LogP contribution is 2.40. The van der Waals surface area contributed by atoms with Crippen molar-refractivity contribution >= 4 is 64.9 Å². The number of rotatable bonds is 2. The van der Waals surface area contributed by atoms with Gasteiger partial charge in [0.15, 0.2) is 0 Å². The zero-order valence-electron chi connectivity index (χ0n) is 9.74. The van der Waals surface area contributed by atoms with Crippen LogP contribution in [0.4, 0.5) is 0 Å². The van der Waals surface area contributed by atoms with E-state index >= 15 is 0 Å². The molecule has 0 aliphatic rings. The van der Waals surface area contributed by atoms with Crippen LogP contribution in [0.5, 0.6) is 0 Å². The van der Waals surface area contributed by atoms with Crippen LogP contribution in [-0.2, 0) is 0 Å². The maximum atomic E-state index is 6.63. The topological polar surface area (TPSA) is 0 Å². The van der Waals surface area contributed by atoms with Crippen molar-refractivity contribution in [3.05, 3.63) is 67.9 Å². The summed E-state index contributed by atoms with van der Waals surface area (Å²) in [5.41, 5.74) is 2.29. The molecule has 0 bridgehead atoms. The Morgan fingerprint density at radius 3 is 2.47 bits per heavy atom. The third-order valence-corrected chi connectivity index (χ3v) is 6.00. The smallest absolute Gasteiger partial charge is 0.0849 e. The fraction of sp³-hybridized carbons (Fsp3) is 0.0667. The van der Waals surface area contributed by atoms with E-state index in [9.17, 15) is 0 Å². The summed E-state index contributed by atoms with van der Waals surface area (Å²) < 4.78 is 3.44. The highest BCUT2D eigenvalue weighted by Gasteiger charge is 2.16. The number of hydrogen-bond acceptors (Lipinski definition) is 1. The summed E-state index contributed by atoms with van der Waals surface area (Å²) in [6.45, 7) is 0. The van der Waals surface area contributed by atoms with Crippen molar-refractivity contribution in [2.45, 2.75) is 5.38 Å². The molecular formula is C15H9Br2ClS. The SMILES string of the molecule is ClC(c1ccc(Br)cc1)c1csc2c(Br)cccc12. The molecule has 0 fully saturated rings. The average Bonchev–Trinajstić information content (AvgIpc) is 2.84. The standard InChI is InChI=1S/C15H9Br2ClS/c16-10-6-4-9(5-7-10)14(18)12-8-19-15-11(12)2-1-3-13(15)17/h1-8,14H. The number of benzene rings is 2. The summed E-state index contributed by atoms with van der Waals surface area (Å²) in [7, 11) is 0. The van der Waals surface area contributed by atoms with E-state index in [1.807, 2.05) is 18.2 Å². The lowest BCUT2D eigenvalue weighted by Gasteiger charge is -2.09. The van der Waals surface area contributed by atoms with Crippen molar-refractivity contribution in [3.8, 4) is 0 Å². The zero-order chi connectivity index (χ0) is 13.4. The third-order valence-electron chi connectivity index (χ3n) is 3.02. The molecule has 0 aliphatic carbocycles. The van der Waals surface area contributed by atoms with Crippen LogP contribution in [0.2, 0.25) is 0 Å². The first-order valence-corrected chi connectivity index (χ1v) is 8.62. The van der Waals surface area contributed by atoms with Gasteiger partial charge < -0.3 is 0 Å². The second-order valence-corrected chi connectivity index (χ2v) is 7.31.